The van der Waals surface area contributed by atoms with E-state index in [4.69, 9.17) is 28.8 Å². The molecule has 3 heterocycles. The van der Waals surface area contributed by atoms with Crippen LogP contribution in [-0.4, -0.2) is 19.9 Å². The molecule has 0 aliphatic carbocycles. The van der Waals surface area contributed by atoms with Crippen LogP contribution in [0.1, 0.15) is 0 Å². The molecule has 0 bridgehead atoms. The molecule has 0 saturated carbocycles. The maximum Gasteiger partial charge on any atom is 0.227 e. The zero-order valence-electron chi connectivity index (χ0n) is 28.8. The van der Waals surface area contributed by atoms with Crippen LogP contribution in [0.3, 0.4) is 0 Å². The van der Waals surface area contributed by atoms with E-state index >= 15 is 0 Å². The molecular formula is C48H28N4O2. The van der Waals surface area contributed by atoms with Gasteiger partial charge in [-0.25, -0.2) is 19.9 Å². The highest BCUT2D eigenvalue weighted by atomic mass is 16.4. The average Bonchev–Trinajstić information content (AvgIpc) is 3.86. The lowest BCUT2D eigenvalue weighted by Crippen LogP contribution is -2.00. The number of aromatic nitrogens is 4. The highest BCUT2D eigenvalue weighted by Crippen LogP contribution is 2.41. The summed E-state index contributed by atoms with van der Waals surface area (Å²) < 4.78 is 12.9. The van der Waals surface area contributed by atoms with Gasteiger partial charge in [-0.3, -0.25) is 0 Å². The fourth-order valence-electron chi connectivity index (χ4n) is 7.52. The first-order valence-electron chi connectivity index (χ1n) is 17.9. The third kappa shape index (κ3) is 4.96. The van der Waals surface area contributed by atoms with Crippen LogP contribution in [0.15, 0.2) is 179 Å². The quantitative estimate of drug-likeness (QED) is 0.179. The molecule has 54 heavy (non-hydrogen) atoms. The first-order valence-corrected chi connectivity index (χ1v) is 17.9. The monoisotopic (exact) mass is 692 g/mol. The number of hydrogen-bond donors (Lipinski definition) is 0. The van der Waals surface area contributed by atoms with Crippen LogP contribution in [0.5, 0.6) is 0 Å². The van der Waals surface area contributed by atoms with Crippen LogP contribution in [0.2, 0.25) is 0 Å². The molecule has 0 fully saturated rings. The predicted molar refractivity (Wildman–Crippen MR) is 217 cm³/mol. The Bertz CT molecular complexity index is 3200. The third-order valence-corrected chi connectivity index (χ3v) is 10.2. The van der Waals surface area contributed by atoms with E-state index in [9.17, 15) is 0 Å². The molecule has 0 amide bonds. The van der Waals surface area contributed by atoms with Gasteiger partial charge in [0.1, 0.15) is 16.7 Å². The lowest BCUT2D eigenvalue weighted by atomic mass is 10.0. The van der Waals surface area contributed by atoms with Crippen molar-refractivity contribution in [1.29, 1.82) is 0 Å². The Hall–Kier alpha value is -7.44. The van der Waals surface area contributed by atoms with E-state index in [1.807, 2.05) is 54.6 Å². The topological polar surface area (TPSA) is 77.8 Å². The van der Waals surface area contributed by atoms with Crippen molar-refractivity contribution in [3.63, 3.8) is 0 Å². The second kappa shape index (κ2) is 12.1. The fourth-order valence-corrected chi connectivity index (χ4v) is 7.52. The second-order valence-corrected chi connectivity index (χ2v) is 13.4. The molecular weight excluding hydrogens is 665 g/mol. The molecule has 6 nitrogen and oxygen atoms in total. The first-order chi connectivity index (χ1) is 26.7. The Balaban J connectivity index is 1.12. The third-order valence-electron chi connectivity index (χ3n) is 10.2. The highest BCUT2D eigenvalue weighted by Gasteiger charge is 2.20. The van der Waals surface area contributed by atoms with E-state index < -0.39 is 0 Å². The van der Waals surface area contributed by atoms with E-state index in [1.165, 1.54) is 0 Å². The van der Waals surface area contributed by atoms with Gasteiger partial charge in [0.25, 0.3) is 0 Å². The van der Waals surface area contributed by atoms with Crippen molar-refractivity contribution in [1.82, 2.24) is 19.9 Å². The molecule has 0 unspecified atom stereocenters. The Morgan fingerprint density at radius 2 is 0.944 bits per heavy atom. The van der Waals surface area contributed by atoms with Crippen LogP contribution in [-0.2, 0) is 0 Å². The van der Waals surface area contributed by atoms with E-state index in [1.54, 1.807) is 0 Å². The maximum atomic E-state index is 6.49. The van der Waals surface area contributed by atoms with Crippen molar-refractivity contribution in [2.45, 2.75) is 0 Å². The Morgan fingerprint density at radius 3 is 1.78 bits per heavy atom. The van der Waals surface area contributed by atoms with Gasteiger partial charge in [-0.2, -0.15) is 0 Å². The van der Waals surface area contributed by atoms with Crippen LogP contribution in [0, 0.1) is 0 Å². The summed E-state index contributed by atoms with van der Waals surface area (Å²) in [6, 6.07) is 57.7. The van der Waals surface area contributed by atoms with Gasteiger partial charge in [0.15, 0.2) is 23.1 Å². The molecule has 8 aromatic carbocycles. The predicted octanol–water partition coefficient (Wildman–Crippen LogP) is 12.6. The van der Waals surface area contributed by atoms with Crippen molar-refractivity contribution in [3.8, 4) is 56.7 Å². The molecule has 0 saturated heterocycles. The minimum absolute atomic E-state index is 0.573. The van der Waals surface area contributed by atoms with E-state index in [0.717, 1.165) is 82.4 Å². The molecule has 0 aliphatic heterocycles. The summed E-state index contributed by atoms with van der Waals surface area (Å²) >= 11 is 0. The van der Waals surface area contributed by atoms with Crippen LogP contribution >= 0.6 is 0 Å². The van der Waals surface area contributed by atoms with Gasteiger partial charge in [0, 0.05) is 27.6 Å². The van der Waals surface area contributed by atoms with Crippen molar-refractivity contribution in [2.75, 3.05) is 0 Å². The van der Waals surface area contributed by atoms with Gasteiger partial charge in [-0.05, 0) is 69.1 Å². The number of rotatable bonds is 5. The lowest BCUT2D eigenvalue weighted by molar-refractivity contribution is 0.622. The summed E-state index contributed by atoms with van der Waals surface area (Å²) in [4.78, 5) is 20.2. The smallest absolute Gasteiger partial charge is 0.227 e. The maximum absolute atomic E-state index is 6.49. The standard InChI is InChI=1S/C48H28N4O2/c1-3-10-29(11-4-1)30-18-21-33(22-19-30)45-50-46(52-47(51-45)37-17-9-15-31-12-7-8-16-36(31)37)35-23-20-32-24-26-40-42(38(32)28-35)43-41(53-40)27-25-39-44(43)54-48(49-39)34-13-5-2-6-14-34/h1-28H. The summed E-state index contributed by atoms with van der Waals surface area (Å²) in [5.74, 6) is 2.37. The van der Waals surface area contributed by atoms with Crippen molar-refractivity contribution >= 4 is 54.6 Å². The number of benzene rings is 8. The number of nitrogens with zero attached hydrogens (tertiary/aromatic N) is 4. The molecule has 11 rings (SSSR count). The summed E-state index contributed by atoms with van der Waals surface area (Å²) in [5.41, 5.74) is 8.91. The fraction of sp³-hybridized carbons (Fsp3) is 0. The summed E-state index contributed by atoms with van der Waals surface area (Å²) in [6.07, 6.45) is 0. The Kier molecular flexibility index (Phi) is 6.75. The summed E-state index contributed by atoms with van der Waals surface area (Å²) in [5, 5.41) is 6.14. The number of furan rings is 1. The minimum Gasteiger partial charge on any atom is -0.456 e. The molecule has 0 aliphatic rings. The number of fused-ring (bicyclic) bond motifs is 8. The lowest BCUT2D eigenvalue weighted by Gasteiger charge is -2.11. The van der Waals surface area contributed by atoms with E-state index in [0.29, 0.717) is 28.9 Å². The van der Waals surface area contributed by atoms with Gasteiger partial charge in [0.05, 0.1) is 5.39 Å². The van der Waals surface area contributed by atoms with Gasteiger partial charge in [0.2, 0.25) is 5.89 Å². The zero-order valence-corrected chi connectivity index (χ0v) is 28.8. The molecule has 0 spiro atoms. The Morgan fingerprint density at radius 1 is 0.352 bits per heavy atom. The summed E-state index contributed by atoms with van der Waals surface area (Å²) in [7, 11) is 0. The number of hydrogen-bond acceptors (Lipinski definition) is 6. The summed E-state index contributed by atoms with van der Waals surface area (Å²) in [6.45, 7) is 0. The van der Waals surface area contributed by atoms with Crippen LogP contribution in [0.4, 0.5) is 0 Å². The van der Waals surface area contributed by atoms with Gasteiger partial charge >= 0.3 is 0 Å². The van der Waals surface area contributed by atoms with Crippen LogP contribution in [0.25, 0.3) is 111 Å². The van der Waals surface area contributed by atoms with Crippen molar-refractivity contribution < 1.29 is 8.83 Å². The van der Waals surface area contributed by atoms with E-state index in [2.05, 4.69) is 115 Å². The molecule has 3 aromatic heterocycles. The van der Waals surface area contributed by atoms with Gasteiger partial charge in [-0.15, -0.1) is 0 Å². The molecule has 11 aromatic rings. The second-order valence-electron chi connectivity index (χ2n) is 13.4. The SMILES string of the molecule is c1ccc(-c2ccc(-c3nc(-c4ccc5ccc6oc7ccc8nc(-c9ccccc9)oc8c7c6c5c4)nc(-c4cccc5ccccc45)n3)cc2)cc1. The molecule has 0 N–H and O–H groups in total. The molecule has 0 atom stereocenters. The average molecular weight is 693 g/mol. The van der Waals surface area contributed by atoms with E-state index in [-0.39, 0.29) is 0 Å². The van der Waals surface area contributed by atoms with Crippen molar-refractivity contribution in [3.05, 3.63) is 170 Å². The first kappa shape index (κ1) is 30.2. The minimum atomic E-state index is 0.573. The zero-order chi connectivity index (χ0) is 35.6. The molecule has 6 heteroatoms. The normalized spacial score (nSPS) is 11.7. The number of oxazole rings is 1. The van der Waals surface area contributed by atoms with Crippen molar-refractivity contribution in [2.24, 2.45) is 0 Å². The molecule has 252 valence electrons. The largest absolute Gasteiger partial charge is 0.456 e. The molecule has 0 radical (unpaired) electrons. The van der Waals surface area contributed by atoms with Gasteiger partial charge in [-0.1, -0.05) is 133 Å². The highest BCUT2D eigenvalue weighted by molar-refractivity contribution is 6.25. The van der Waals surface area contributed by atoms with Gasteiger partial charge < -0.3 is 8.83 Å². The Labute approximate surface area is 309 Å². The van der Waals surface area contributed by atoms with Crippen LogP contribution < -0.4 is 0 Å².